The summed E-state index contributed by atoms with van der Waals surface area (Å²) in [5.74, 6) is -0.0614. The number of carbonyl (C=O) groups excluding carboxylic acids is 1. The van der Waals surface area contributed by atoms with Gasteiger partial charge in [0.05, 0.1) is 11.3 Å². The van der Waals surface area contributed by atoms with Gasteiger partial charge in [-0.2, -0.15) is 24.9 Å². The standard InChI is InChI=1S/C12H13F3OS/c1-8(2)17-7-11(16)9-4-3-5-10(6-9)12(13,14)15/h3-6,8H,7H2,1-2H3. The molecule has 0 aliphatic heterocycles. The van der Waals surface area contributed by atoms with Gasteiger partial charge < -0.3 is 0 Å². The van der Waals surface area contributed by atoms with Gasteiger partial charge in [0.2, 0.25) is 0 Å². The van der Waals surface area contributed by atoms with Crippen molar-refractivity contribution in [1.29, 1.82) is 0 Å². The third-order valence-electron chi connectivity index (χ3n) is 2.06. The van der Waals surface area contributed by atoms with E-state index in [0.717, 1.165) is 12.1 Å². The van der Waals surface area contributed by atoms with Crippen LogP contribution in [-0.2, 0) is 6.18 Å². The van der Waals surface area contributed by atoms with E-state index in [1.807, 2.05) is 13.8 Å². The van der Waals surface area contributed by atoms with Crippen LogP contribution >= 0.6 is 11.8 Å². The summed E-state index contributed by atoms with van der Waals surface area (Å²) in [6.45, 7) is 3.87. The van der Waals surface area contributed by atoms with Crippen LogP contribution in [0.1, 0.15) is 29.8 Å². The highest BCUT2D eigenvalue weighted by atomic mass is 32.2. The predicted molar refractivity (Wildman–Crippen MR) is 63.4 cm³/mol. The van der Waals surface area contributed by atoms with Crippen LogP contribution < -0.4 is 0 Å². The van der Waals surface area contributed by atoms with E-state index < -0.39 is 11.7 Å². The zero-order chi connectivity index (χ0) is 13.1. The quantitative estimate of drug-likeness (QED) is 0.762. The molecule has 0 atom stereocenters. The Balaban J connectivity index is 2.81. The van der Waals surface area contributed by atoms with Crippen molar-refractivity contribution in [2.24, 2.45) is 0 Å². The largest absolute Gasteiger partial charge is 0.416 e. The Bertz CT molecular complexity index is 399. The third-order valence-corrected chi connectivity index (χ3v) is 3.16. The summed E-state index contributed by atoms with van der Waals surface area (Å²) in [7, 11) is 0. The highest BCUT2D eigenvalue weighted by molar-refractivity contribution is 8.00. The monoisotopic (exact) mass is 262 g/mol. The van der Waals surface area contributed by atoms with E-state index in [0.29, 0.717) is 0 Å². The Morgan fingerprint density at radius 1 is 1.35 bits per heavy atom. The zero-order valence-electron chi connectivity index (χ0n) is 9.54. The number of hydrogen-bond acceptors (Lipinski definition) is 2. The first kappa shape index (κ1) is 14.1. The lowest BCUT2D eigenvalue weighted by molar-refractivity contribution is -0.137. The molecule has 0 N–H and O–H groups in total. The average molecular weight is 262 g/mol. The minimum atomic E-state index is -4.40. The fourth-order valence-corrected chi connectivity index (χ4v) is 1.85. The summed E-state index contributed by atoms with van der Waals surface area (Å²) in [6.07, 6.45) is -4.40. The molecule has 0 unspecified atom stereocenters. The van der Waals surface area contributed by atoms with Crippen molar-refractivity contribution >= 4 is 17.5 Å². The van der Waals surface area contributed by atoms with E-state index in [1.165, 1.54) is 23.9 Å². The SMILES string of the molecule is CC(C)SCC(=O)c1cccc(C(F)(F)F)c1. The van der Waals surface area contributed by atoms with E-state index in [4.69, 9.17) is 0 Å². The number of halogens is 3. The first-order valence-electron chi connectivity index (χ1n) is 5.13. The van der Waals surface area contributed by atoms with Gasteiger partial charge in [0.25, 0.3) is 0 Å². The van der Waals surface area contributed by atoms with Crippen LogP contribution in [-0.4, -0.2) is 16.8 Å². The molecule has 94 valence electrons. The molecule has 0 heterocycles. The normalized spacial score (nSPS) is 11.9. The van der Waals surface area contributed by atoms with Crippen LogP contribution in [0.5, 0.6) is 0 Å². The number of thioether (sulfide) groups is 1. The number of ketones is 1. The molecule has 17 heavy (non-hydrogen) atoms. The van der Waals surface area contributed by atoms with Gasteiger partial charge >= 0.3 is 6.18 Å². The Morgan fingerprint density at radius 3 is 2.53 bits per heavy atom. The number of rotatable bonds is 4. The minimum absolute atomic E-state index is 0.118. The molecule has 1 nitrogen and oxygen atoms in total. The van der Waals surface area contributed by atoms with Gasteiger partial charge in [-0.3, -0.25) is 4.79 Å². The van der Waals surface area contributed by atoms with Gasteiger partial charge in [0.1, 0.15) is 0 Å². The molecule has 0 spiro atoms. The molecule has 0 saturated heterocycles. The third kappa shape index (κ3) is 4.42. The van der Waals surface area contributed by atoms with Crippen molar-refractivity contribution in [3.63, 3.8) is 0 Å². The molecular formula is C12H13F3OS. The van der Waals surface area contributed by atoms with E-state index in [2.05, 4.69) is 0 Å². The van der Waals surface area contributed by atoms with Crippen LogP contribution in [0.2, 0.25) is 0 Å². The van der Waals surface area contributed by atoms with Gasteiger partial charge in [0.15, 0.2) is 5.78 Å². The first-order chi connectivity index (χ1) is 7.80. The Morgan fingerprint density at radius 2 is 2.00 bits per heavy atom. The molecule has 1 aromatic carbocycles. The maximum Gasteiger partial charge on any atom is 0.416 e. The number of alkyl halides is 3. The highest BCUT2D eigenvalue weighted by Gasteiger charge is 2.30. The maximum absolute atomic E-state index is 12.4. The van der Waals surface area contributed by atoms with E-state index in [9.17, 15) is 18.0 Å². The van der Waals surface area contributed by atoms with Crippen molar-refractivity contribution in [1.82, 2.24) is 0 Å². The van der Waals surface area contributed by atoms with Crippen molar-refractivity contribution < 1.29 is 18.0 Å². The zero-order valence-corrected chi connectivity index (χ0v) is 10.4. The second-order valence-corrected chi connectivity index (χ2v) is 5.43. The summed E-state index contributed by atoms with van der Waals surface area (Å²) >= 11 is 1.42. The molecule has 1 aromatic rings. The minimum Gasteiger partial charge on any atom is -0.293 e. The van der Waals surface area contributed by atoms with Crippen LogP contribution in [0, 0.1) is 0 Å². The highest BCUT2D eigenvalue weighted by Crippen LogP contribution is 2.29. The van der Waals surface area contributed by atoms with Gasteiger partial charge in [-0.05, 0) is 17.4 Å². The maximum atomic E-state index is 12.4. The molecule has 0 aliphatic rings. The van der Waals surface area contributed by atoms with Crippen LogP contribution in [0.4, 0.5) is 13.2 Å². The molecular weight excluding hydrogens is 249 g/mol. The van der Waals surface area contributed by atoms with Crippen molar-refractivity contribution in [3.8, 4) is 0 Å². The molecule has 0 amide bonds. The summed E-state index contributed by atoms with van der Waals surface area (Å²) in [5.41, 5.74) is -0.661. The fraction of sp³-hybridized carbons (Fsp3) is 0.417. The molecule has 0 aliphatic carbocycles. The Labute approximate surface area is 102 Å². The number of hydrogen-bond donors (Lipinski definition) is 0. The second kappa shape index (κ2) is 5.58. The Kier molecular flexibility index (Phi) is 4.62. The molecule has 0 radical (unpaired) electrons. The molecule has 0 bridgehead atoms. The summed E-state index contributed by atoms with van der Waals surface area (Å²) < 4.78 is 37.3. The van der Waals surface area contributed by atoms with E-state index in [1.54, 1.807) is 0 Å². The lowest BCUT2D eigenvalue weighted by Gasteiger charge is -2.08. The smallest absolute Gasteiger partial charge is 0.293 e. The second-order valence-electron chi connectivity index (χ2n) is 3.86. The Hall–Kier alpha value is -0.970. The lowest BCUT2D eigenvalue weighted by Crippen LogP contribution is -2.09. The van der Waals surface area contributed by atoms with Crippen LogP contribution in [0.3, 0.4) is 0 Å². The topological polar surface area (TPSA) is 17.1 Å². The van der Waals surface area contributed by atoms with E-state index >= 15 is 0 Å². The summed E-state index contributed by atoms with van der Waals surface area (Å²) in [5, 5.41) is 0.282. The fourth-order valence-electron chi connectivity index (χ4n) is 1.19. The van der Waals surface area contributed by atoms with E-state index in [-0.39, 0.29) is 22.3 Å². The number of benzene rings is 1. The van der Waals surface area contributed by atoms with Gasteiger partial charge in [-0.1, -0.05) is 26.0 Å². The first-order valence-corrected chi connectivity index (χ1v) is 6.17. The van der Waals surface area contributed by atoms with Gasteiger partial charge in [0, 0.05) is 5.56 Å². The van der Waals surface area contributed by atoms with Crippen molar-refractivity contribution in [2.75, 3.05) is 5.75 Å². The number of Topliss-reactive ketones (excluding diaryl/α,β-unsaturated/α-hetero) is 1. The molecule has 0 saturated carbocycles. The van der Waals surface area contributed by atoms with Crippen LogP contribution in [0.25, 0.3) is 0 Å². The predicted octanol–water partition coefficient (Wildman–Crippen LogP) is 4.03. The molecule has 5 heteroatoms. The lowest BCUT2D eigenvalue weighted by atomic mass is 10.1. The average Bonchev–Trinajstić information content (AvgIpc) is 2.25. The molecule has 0 fully saturated rings. The summed E-state index contributed by atoms with van der Waals surface area (Å²) in [6, 6.07) is 4.55. The molecule has 1 rings (SSSR count). The van der Waals surface area contributed by atoms with Gasteiger partial charge in [-0.15, -0.1) is 0 Å². The molecule has 0 aromatic heterocycles. The van der Waals surface area contributed by atoms with Gasteiger partial charge in [-0.25, -0.2) is 0 Å². The van der Waals surface area contributed by atoms with Crippen LogP contribution in [0.15, 0.2) is 24.3 Å². The number of carbonyl (C=O) groups is 1. The van der Waals surface area contributed by atoms with Crippen molar-refractivity contribution in [3.05, 3.63) is 35.4 Å². The van der Waals surface area contributed by atoms with Crippen molar-refractivity contribution in [2.45, 2.75) is 25.3 Å². The summed E-state index contributed by atoms with van der Waals surface area (Å²) in [4.78, 5) is 11.6.